The monoisotopic (exact) mass is 176 g/mol. The lowest BCUT2D eigenvalue weighted by atomic mass is 10.1. The smallest absolute Gasteiger partial charge is 0.0609 e. The number of hydrogen-bond donors (Lipinski definition) is 0. The van der Waals surface area contributed by atoms with Gasteiger partial charge in [0.05, 0.1) is 10.1 Å². The van der Waals surface area contributed by atoms with Crippen LogP contribution in [0.2, 0.25) is 0 Å². The fourth-order valence-electron chi connectivity index (χ4n) is 1.01. The Morgan fingerprint density at radius 2 is 1.40 bits per heavy atom. The van der Waals surface area contributed by atoms with Gasteiger partial charge in [0.25, 0.3) is 0 Å². The van der Waals surface area contributed by atoms with Gasteiger partial charge in [-0.1, -0.05) is 35.4 Å². The molecule has 10 heavy (non-hydrogen) atoms. The second-order valence-electron chi connectivity index (χ2n) is 2.50. The Balaban J connectivity index is 2.71. The normalized spacial score (nSPS) is 20.6. The van der Waals surface area contributed by atoms with E-state index >= 15 is 0 Å². The molecule has 0 radical (unpaired) electrons. The summed E-state index contributed by atoms with van der Waals surface area (Å²) in [4.78, 5) is 0. The average Bonchev–Trinajstić information content (AvgIpc) is 1.83. The molecule has 0 aliphatic heterocycles. The van der Waals surface area contributed by atoms with Crippen molar-refractivity contribution in [2.75, 3.05) is 0 Å². The van der Waals surface area contributed by atoms with Gasteiger partial charge in [-0.15, -0.1) is 0 Å². The van der Waals surface area contributed by atoms with Crippen molar-refractivity contribution < 1.29 is 0 Å². The first-order valence-electron chi connectivity index (χ1n) is 3.59. The van der Waals surface area contributed by atoms with Gasteiger partial charge < -0.3 is 0 Å². The third-order valence-corrected chi connectivity index (χ3v) is 2.13. The van der Waals surface area contributed by atoms with Crippen LogP contribution < -0.4 is 0 Å². The molecule has 1 aliphatic rings. The van der Waals surface area contributed by atoms with Gasteiger partial charge in [0.2, 0.25) is 0 Å². The molecule has 0 nitrogen and oxygen atoms in total. The minimum atomic E-state index is 0.782. The van der Waals surface area contributed by atoms with Crippen molar-refractivity contribution in [3.8, 4) is 0 Å². The summed E-state index contributed by atoms with van der Waals surface area (Å²) in [7, 11) is 0. The van der Waals surface area contributed by atoms with E-state index in [1.807, 2.05) is 0 Å². The minimum Gasteiger partial charge on any atom is -0.0891 e. The zero-order valence-electron chi connectivity index (χ0n) is 5.79. The molecular weight excluding hydrogens is 167 g/mol. The van der Waals surface area contributed by atoms with Gasteiger partial charge in [0.1, 0.15) is 0 Å². The Morgan fingerprint density at radius 1 is 0.900 bits per heavy atom. The Bertz CT molecular complexity index is 160. The lowest BCUT2D eigenvalue weighted by molar-refractivity contribution is 0.683. The molecule has 0 N–H and O–H groups in total. The maximum atomic E-state index is 5.79. The van der Waals surface area contributed by atoms with Gasteiger partial charge in [0, 0.05) is 0 Å². The second kappa shape index (κ2) is 4.08. The fourth-order valence-corrected chi connectivity index (χ4v) is 1.55. The summed E-state index contributed by atoms with van der Waals surface area (Å²) in [5, 5.41) is 1.56. The fraction of sp³-hybridized carbons (Fsp3) is 0.625. The molecule has 0 spiro atoms. The summed E-state index contributed by atoms with van der Waals surface area (Å²) in [5.41, 5.74) is 2.95. The highest BCUT2D eigenvalue weighted by Gasteiger charge is 1.99. The molecule has 0 saturated heterocycles. The number of rotatable bonds is 0. The number of hydrogen-bond acceptors (Lipinski definition) is 0. The van der Waals surface area contributed by atoms with Crippen molar-refractivity contribution >= 4 is 23.2 Å². The van der Waals surface area contributed by atoms with E-state index in [0.717, 1.165) is 22.9 Å². The van der Waals surface area contributed by atoms with Crippen molar-refractivity contribution in [1.82, 2.24) is 0 Å². The molecule has 0 amide bonds. The van der Waals surface area contributed by atoms with Gasteiger partial charge in [-0.2, -0.15) is 0 Å². The van der Waals surface area contributed by atoms with Crippen LogP contribution in [0.25, 0.3) is 0 Å². The molecule has 0 atom stereocenters. The first-order valence-corrected chi connectivity index (χ1v) is 4.34. The zero-order chi connectivity index (χ0) is 7.40. The Hall–Kier alpha value is 0.1000. The SMILES string of the molecule is ClC1=C=C(Cl)CCCCC1. The van der Waals surface area contributed by atoms with E-state index in [-0.39, 0.29) is 0 Å². The van der Waals surface area contributed by atoms with E-state index in [4.69, 9.17) is 23.2 Å². The standard InChI is InChI=1S/C8H10Cl2/c9-7-4-2-1-3-5-8(10)6-7/h1-5H2. The van der Waals surface area contributed by atoms with E-state index in [1.54, 1.807) is 0 Å². The summed E-state index contributed by atoms with van der Waals surface area (Å²) >= 11 is 11.6. The van der Waals surface area contributed by atoms with Crippen LogP contribution >= 0.6 is 23.2 Å². The van der Waals surface area contributed by atoms with Crippen LogP contribution in [0.5, 0.6) is 0 Å². The minimum absolute atomic E-state index is 0.782. The van der Waals surface area contributed by atoms with Crippen molar-refractivity contribution in [2.24, 2.45) is 0 Å². The molecule has 1 aliphatic carbocycles. The van der Waals surface area contributed by atoms with Crippen molar-refractivity contribution in [3.05, 3.63) is 15.8 Å². The molecule has 1 rings (SSSR count). The van der Waals surface area contributed by atoms with Crippen LogP contribution in [0.4, 0.5) is 0 Å². The quantitative estimate of drug-likeness (QED) is 0.493. The van der Waals surface area contributed by atoms with E-state index in [1.165, 1.54) is 19.3 Å². The van der Waals surface area contributed by atoms with Crippen LogP contribution in [-0.2, 0) is 0 Å². The molecule has 0 aromatic rings. The summed E-state index contributed by atoms with van der Waals surface area (Å²) in [5.74, 6) is 0. The predicted molar refractivity (Wildman–Crippen MR) is 45.3 cm³/mol. The summed E-state index contributed by atoms with van der Waals surface area (Å²) < 4.78 is 0. The highest BCUT2D eigenvalue weighted by molar-refractivity contribution is 6.32. The van der Waals surface area contributed by atoms with Crippen molar-refractivity contribution in [1.29, 1.82) is 0 Å². The molecule has 0 saturated carbocycles. The van der Waals surface area contributed by atoms with Crippen LogP contribution in [0, 0.1) is 0 Å². The third kappa shape index (κ3) is 2.79. The average molecular weight is 177 g/mol. The molecule has 0 bridgehead atoms. The van der Waals surface area contributed by atoms with Gasteiger partial charge in [0.15, 0.2) is 0 Å². The first-order chi connectivity index (χ1) is 4.79. The van der Waals surface area contributed by atoms with E-state index in [9.17, 15) is 0 Å². The summed E-state index contributed by atoms with van der Waals surface area (Å²) in [6.45, 7) is 0. The third-order valence-electron chi connectivity index (χ3n) is 1.56. The lowest BCUT2D eigenvalue weighted by Gasteiger charge is -2.02. The molecule has 0 heterocycles. The van der Waals surface area contributed by atoms with Gasteiger partial charge >= 0.3 is 0 Å². The topological polar surface area (TPSA) is 0 Å². The lowest BCUT2D eigenvalue weighted by Crippen LogP contribution is -1.83. The molecule has 2 heteroatoms. The molecular formula is C8H10Cl2. The Labute approximate surface area is 71.5 Å². The zero-order valence-corrected chi connectivity index (χ0v) is 7.30. The molecule has 56 valence electrons. The number of halogens is 2. The summed E-state index contributed by atoms with van der Waals surface area (Å²) in [6.07, 6.45) is 5.47. The van der Waals surface area contributed by atoms with Crippen LogP contribution in [0.3, 0.4) is 0 Å². The van der Waals surface area contributed by atoms with E-state index in [0.29, 0.717) is 0 Å². The first kappa shape index (κ1) is 8.20. The molecule has 0 aromatic carbocycles. The number of allylic oxidation sites excluding steroid dienone is 1. The largest absolute Gasteiger partial charge is 0.0891 e. The van der Waals surface area contributed by atoms with Crippen molar-refractivity contribution in [2.45, 2.75) is 32.1 Å². The highest BCUT2D eigenvalue weighted by atomic mass is 35.5. The van der Waals surface area contributed by atoms with Gasteiger partial charge in [-0.25, -0.2) is 0 Å². The predicted octanol–water partition coefficient (Wildman–Crippen LogP) is 3.79. The summed E-state index contributed by atoms with van der Waals surface area (Å²) in [6, 6.07) is 0. The molecule has 0 fully saturated rings. The Kier molecular flexibility index (Phi) is 3.34. The maximum absolute atomic E-state index is 5.79. The van der Waals surface area contributed by atoms with Gasteiger partial charge in [-0.05, 0) is 25.7 Å². The van der Waals surface area contributed by atoms with Crippen molar-refractivity contribution in [3.63, 3.8) is 0 Å². The van der Waals surface area contributed by atoms with Crippen LogP contribution in [-0.4, -0.2) is 0 Å². The van der Waals surface area contributed by atoms with E-state index < -0.39 is 0 Å². The Morgan fingerprint density at radius 3 is 1.90 bits per heavy atom. The van der Waals surface area contributed by atoms with E-state index in [2.05, 4.69) is 5.73 Å². The van der Waals surface area contributed by atoms with Crippen LogP contribution in [0.1, 0.15) is 32.1 Å². The molecule has 0 unspecified atom stereocenters. The van der Waals surface area contributed by atoms with Gasteiger partial charge in [-0.3, -0.25) is 0 Å². The molecule has 0 aromatic heterocycles. The second-order valence-corrected chi connectivity index (χ2v) is 3.41. The highest BCUT2D eigenvalue weighted by Crippen LogP contribution is 2.20. The maximum Gasteiger partial charge on any atom is 0.0609 e. The van der Waals surface area contributed by atoms with Crippen LogP contribution in [0.15, 0.2) is 15.8 Å².